The maximum absolute atomic E-state index is 12.9. The number of aromatic nitrogens is 2. The Morgan fingerprint density at radius 2 is 1.83 bits per heavy atom. The van der Waals surface area contributed by atoms with Crippen LogP contribution < -0.4 is 5.32 Å². The lowest BCUT2D eigenvalue weighted by Crippen LogP contribution is -2.26. The van der Waals surface area contributed by atoms with Gasteiger partial charge in [0.05, 0.1) is 12.5 Å². The van der Waals surface area contributed by atoms with E-state index < -0.39 is 5.91 Å². The summed E-state index contributed by atoms with van der Waals surface area (Å²) < 4.78 is 18.3. The number of benzene rings is 2. The zero-order valence-electron chi connectivity index (χ0n) is 13.1. The molecule has 1 atom stereocenters. The number of nitrogens with zero attached hydrogens (tertiary/aromatic N) is 2. The summed E-state index contributed by atoms with van der Waals surface area (Å²) in [7, 11) is 0. The maximum Gasteiger partial charge on any atom is 0.309 e. The Bertz CT molecular complexity index is 816. The fraction of sp³-hybridized carbons (Fsp3) is 0.167. The highest BCUT2D eigenvalue weighted by atomic mass is 19.1. The van der Waals surface area contributed by atoms with Crippen molar-refractivity contribution in [3.63, 3.8) is 0 Å². The number of halogens is 1. The molecule has 0 aliphatic rings. The second kappa shape index (κ2) is 7.04. The van der Waals surface area contributed by atoms with Crippen molar-refractivity contribution >= 4 is 5.91 Å². The fourth-order valence-corrected chi connectivity index (χ4v) is 2.28. The van der Waals surface area contributed by atoms with Gasteiger partial charge in [-0.1, -0.05) is 42.5 Å². The van der Waals surface area contributed by atoms with E-state index in [1.54, 1.807) is 12.1 Å². The van der Waals surface area contributed by atoms with E-state index in [0.29, 0.717) is 12.3 Å². The summed E-state index contributed by atoms with van der Waals surface area (Å²) in [6.45, 7) is 1.88. The number of hydrogen-bond donors (Lipinski definition) is 1. The molecule has 0 saturated carbocycles. The van der Waals surface area contributed by atoms with Gasteiger partial charge < -0.3 is 9.73 Å². The molecule has 6 heteroatoms. The molecule has 3 aromatic rings. The molecule has 0 aliphatic carbocycles. The lowest BCUT2D eigenvalue weighted by atomic mass is 10.1. The minimum absolute atomic E-state index is 0.0881. The monoisotopic (exact) mass is 325 g/mol. The molecule has 0 saturated heterocycles. The smallest absolute Gasteiger partial charge is 0.309 e. The molecule has 1 aromatic heterocycles. The number of carbonyl (C=O) groups excluding carboxylic acids is 1. The van der Waals surface area contributed by atoms with Crippen LogP contribution in [-0.4, -0.2) is 16.1 Å². The van der Waals surface area contributed by atoms with Gasteiger partial charge >= 0.3 is 11.8 Å². The Kier molecular flexibility index (Phi) is 4.65. The molecule has 2 aromatic carbocycles. The third-order valence-corrected chi connectivity index (χ3v) is 3.58. The summed E-state index contributed by atoms with van der Waals surface area (Å²) in [5.74, 6) is -0.516. The van der Waals surface area contributed by atoms with Crippen molar-refractivity contribution in [3.8, 4) is 0 Å². The first kappa shape index (κ1) is 15.9. The Morgan fingerprint density at radius 3 is 2.54 bits per heavy atom. The van der Waals surface area contributed by atoms with Crippen LogP contribution in [0.25, 0.3) is 0 Å². The van der Waals surface area contributed by atoms with Crippen LogP contribution in [0.3, 0.4) is 0 Å². The lowest BCUT2D eigenvalue weighted by Gasteiger charge is -2.12. The normalized spacial score (nSPS) is 11.9. The van der Waals surface area contributed by atoms with Crippen molar-refractivity contribution in [2.24, 2.45) is 0 Å². The van der Waals surface area contributed by atoms with Crippen LogP contribution in [0, 0.1) is 5.82 Å². The molecule has 122 valence electrons. The van der Waals surface area contributed by atoms with Crippen molar-refractivity contribution in [2.75, 3.05) is 0 Å². The van der Waals surface area contributed by atoms with Crippen LogP contribution in [0.2, 0.25) is 0 Å². The molecule has 0 bridgehead atoms. The average molecular weight is 325 g/mol. The number of nitrogens with one attached hydrogen (secondary N) is 1. The molecule has 0 radical (unpaired) electrons. The van der Waals surface area contributed by atoms with E-state index >= 15 is 0 Å². The molecule has 1 unspecified atom stereocenters. The number of rotatable bonds is 5. The van der Waals surface area contributed by atoms with Crippen LogP contribution in [0.1, 0.15) is 40.7 Å². The topological polar surface area (TPSA) is 68.0 Å². The molecular formula is C18H16FN3O2. The van der Waals surface area contributed by atoms with Gasteiger partial charge in [0, 0.05) is 0 Å². The van der Waals surface area contributed by atoms with E-state index in [9.17, 15) is 9.18 Å². The van der Waals surface area contributed by atoms with Crippen LogP contribution >= 0.6 is 0 Å². The summed E-state index contributed by atoms with van der Waals surface area (Å²) in [6.07, 6.45) is 0.342. The molecule has 3 rings (SSSR count). The Morgan fingerprint density at radius 1 is 1.12 bits per heavy atom. The second-order valence-electron chi connectivity index (χ2n) is 5.41. The predicted octanol–water partition coefficient (Wildman–Crippen LogP) is 3.29. The molecular weight excluding hydrogens is 309 g/mol. The molecule has 1 amide bonds. The second-order valence-corrected chi connectivity index (χ2v) is 5.41. The highest BCUT2D eigenvalue weighted by Crippen LogP contribution is 2.13. The van der Waals surface area contributed by atoms with Gasteiger partial charge in [-0.15, -0.1) is 10.2 Å². The maximum atomic E-state index is 12.9. The fourth-order valence-electron chi connectivity index (χ4n) is 2.28. The Balaban J connectivity index is 1.64. The van der Waals surface area contributed by atoms with Gasteiger partial charge in [-0.2, -0.15) is 0 Å². The van der Waals surface area contributed by atoms with Crippen LogP contribution in [-0.2, 0) is 6.42 Å². The molecule has 0 fully saturated rings. The first-order valence-corrected chi connectivity index (χ1v) is 7.54. The summed E-state index contributed by atoms with van der Waals surface area (Å²) in [5.41, 5.74) is 1.81. The zero-order chi connectivity index (χ0) is 16.9. The van der Waals surface area contributed by atoms with Gasteiger partial charge in [-0.25, -0.2) is 4.39 Å². The molecule has 0 spiro atoms. The third kappa shape index (κ3) is 3.84. The standard InChI is InChI=1S/C18H16FN3O2/c1-12(14-5-3-2-4-6-14)20-17(23)18-22-21-16(24-18)11-13-7-9-15(19)10-8-13/h2-10,12H,11H2,1H3,(H,20,23). The van der Waals surface area contributed by atoms with Crippen molar-refractivity contribution in [3.05, 3.63) is 83.3 Å². The van der Waals surface area contributed by atoms with E-state index in [0.717, 1.165) is 11.1 Å². The van der Waals surface area contributed by atoms with Crippen molar-refractivity contribution < 1.29 is 13.6 Å². The predicted molar refractivity (Wildman–Crippen MR) is 85.8 cm³/mol. The van der Waals surface area contributed by atoms with Gasteiger partial charge in [0.1, 0.15) is 5.82 Å². The highest BCUT2D eigenvalue weighted by Gasteiger charge is 2.17. The van der Waals surface area contributed by atoms with E-state index in [2.05, 4.69) is 15.5 Å². The number of carbonyl (C=O) groups is 1. The van der Waals surface area contributed by atoms with Crippen LogP contribution in [0.5, 0.6) is 0 Å². The van der Waals surface area contributed by atoms with Crippen LogP contribution in [0.4, 0.5) is 4.39 Å². The van der Waals surface area contributed by atoms with Gasteiger partial charge in [0.25, 0.3) is 0 Å². The van der Waals surface area contributed by atoms with E-state index in [1.165, 1.54) is 12.1 Å². The van der Waals surface area contributed by atoms with Crippen LogP contribution in [0.15, 0.2) is 59.0 Å². The van der Waals surface area contributed by atoms with Crippen molar-refractivity contribution in [1.29, 1.82) is 0 Å². The lowest BCUT2D eigenvalue weighted by molar-refractivity contribution is 0.0903. The molecule has 1 N–H and O–H groups in total. The van der Waals surface area contributed by atoms with Gasteiger partial charge in [0.15, 0.2) is 0 Å². The Labute approximate surface area is 138 Å². The van der Waals surface area contributed by atoms with Gasteiger partial charge in [-0.05, 0) is 30.2 Å². The van der Waals surface area contributed by atoms with Crippen molar-refractivity contribution in [1.82, 2.24) is 15.5 Å². The first-order valence-electron chi connectivity index (χ1n) is 7.54. The highest BCUT2D eigenvalue weighted by molar-refractivity contribution is 5.89. The molecule has 1 heterocycles. The van der Waals surface area contributed by atoms with Crippen molar-refractivity contribution in [2.45, 2.75) is 19.4 Å². The molecule has 24 heavy (non-hydrogen) atoms. The summed E-state index contributed by atoms with van der Waals surface area (Å²) >= 11 is 0. The average Bonchev–Trinajstić information content (AvgIpc) is 3.06. The zero-order valence-corrected chi connectivity index (χ0v) is 13.1. The van der Waals surface area contributed by atoms with E-state index in [1.807, 2.05) is 37.3 Å². The van der Waals surface area contributed by atoms with E-state index in [4.69, 9.17) is 4.42 Å². The van der Waals surface area contributed by atoms with Gasteiger partial charge in [0.2, 0.25) is 5.89 Å². The number of hydrogen-bond acceptors (Lipinski definition) is 4. The molecule has 0 aliphatic heterocycles. The summed E-state index contributed by atoms with van der Waals surface area (Å²) in [5, 5.41) is 10.4. The van der Waals surface area contributed by atoms with Gasteiger partial charge in [-0.3, -0.25) is 4.79 Å². The number of amides is 1. The van der Waals surface area contributed by atoms with E-state index in [-0.39, 0.29) is 17.7 Å². The third-order valence-electron chi connectivity index (χ3n) is 3.58. The molecule has 5 nitrogen and oxygen atoms in total. The largest absolute Gasteiger partial charge is 0.417 e. The first-order chi connectivity index (χ1) is 11.6. The minimum atomic E-state index is -0.427. The SMILES string of the molecule is CC(NC(=O)c1nnc(Cc2ccc(F)cc2)o1)c1ccccc1. The minimum Gasteiger partial charge on any atom is -0.417 e. The quantitative estimate of drug-likeness (QED) is 0.781. The summed E-state index contributed by atoms with van der Waals surface area (Å²) in [6, 6.07) is 15.4. The summed E-state index contributed by atoms with van der Waals surface area (Å²) in [4.78, 5) is 12.2. The Hall–Kier alpha value is -3.02.